The quantitative estimate of drug-likeness (QED) is 0.512. The van der Waals surface area contributed by atoms with Crippen LogP contribution in [0.15, 0.2) is 60.7 Å². The summed E-state index contributed by atoms with van der Waals surface area (Å²) in [4.78, 5) is 0. The Morgan fingerprint density at radius 2 is 1.40 bits per heavy atom. The smallest absolute Gasteiger partial charge is 0.131 e. The number of benzene rings is 3. The molecule has 0 aromatic heterocycles. The van der Waals surface area contributed by atoms with Crippen molar-refractivity contribution >= 4 is 34.0 Å². The first-order valence-electron chi connectivity index (χ1n) is 6.24. The molecule has 3 aromatic rings. The summed E-state index contributed by atoms with van der Waals surface area (Å²) in [5.74, 6) is -0.243. The summed E-state index contributed by atoms with van der Waals surface area (Å²) in [5, 5.41) is 1.59. The zero-order valence-electron chi connectivity index (χ0n) is 10.5. The second-order valence-electron chi connectivity index (χ2n) is 4.57. The van der Waals surface area contributed by atoms with Crippen molar-refractivity contribution in [2.24, 2.45) is 0 Å². The van der Waals surface area contributed by atoms with Gasteiger partial charge in [-0.3, -0.25) is 0 Å². The van der Waals surface area contributed by atoms with Crippen molar-refractivity contribution in [3.8, 4) is 0 Å². The molecule has 0 aliphatic carbocycles. The Labute approximate surface area is 126 Å². The van der Waals surface area contributed by atoms with E-state index >= 15 is 0 Å². The van der Waals surface area contributed by atoms with Crippen LogP contribution in [0.25, 0.3) is 10.8 Å². The second kappa shape index (κ2) is 5.43. The third-order valence-corrected chi connectivity index (χ3v) is 4.17. The maximum absolute atomic E-state index is 13.8. The highest BCUT2D eigenvalue weighted by Gasteiger charge is 2.17. The average Bonchev–Trinajstić information content (AvgIpc) is 2.48. The molecule has 0 nitrogen and oxygen atoms in total. The molecule has 0 bridgehead atoms. The average molecular weight is 305 g/mol. The fraction of sp³-hybridized carbons (Fsp3) is 0.0588. The van der Waals surface area contributed by atoms with Gasteiger partial charge in [0, 0.05) is 10.4 Å². The molecule has 0 spiro atoms. The van der Waals surface area contributed by atoms with Crippen molar-refractivity contribution in [3.05, 3.63) is 82.6 Å². The van der Waals surface area contributed by atoms with Gasteiger partial charge in [0.1, 0.15) is 5.82 Å². The molecule has 0 heterocycles. The molecule has 0 radical (unpaired) electrons. The molecule has 0 saturated heterocycles. The zero-order chi connectivity index (χ0) is 14.1. The summed E-state index contributed by atoms with van der Waals surface area (Å²) in [6.07, 6.45) is 0. The van der Waals surface area contributed by atoms with Crippen LogP contribution < -0.4 is 0 Å². The normalized spacial score (nSPS) is 12.6. The molecular weight excluding hydrogens is 294 g/mol. The lowest BCUT2D eigenvalue weighted by atomic mass is 9.97. The number of alkyl halides is 1. The van der Waals surface area contributed by atoms with Crippen LogP contribution in [0.2, 0.25) is 5.02 Å². The predicted octanol–water partition coefficient (Wildman–Crippen LogP) is 5.96. The SMILES string of the molecule is Fc1ccc(C(Cl)c2ccccc2Cl)c2ccccc12. The van der Waals surface area contributed by atoms with E-state index in [0.717, 1.165) is 16.5 Å². The first kappa shape index (κ1) is 13.4. The number of hydrogen-bond acceptors (Lipinski definition) is 0. The highest BCUT2D eigenvalue weighted by molar-refractivity contribution is 6.33. The molecular formula is C17H11Cl2F. The van der Waals surface area contributed by atoms with Crippen LogP contribution in [0.1, 0.15) is 16.5 Å². The van der Waals surface area contributed by atoms with E-state index in [1.54, 1.807) is 18.2 Å². The lowest BCUT2D eigenvalue weighted by Crippen LogP contribution is -1.96. The Morgan fingerprint density at radius 3 is 2.15 bits per heavy atom. The molecule has 0 N–H and O–H groups in total. The summed E-state index contributed by atoms with van der Waals surface area (Å²) in [6.45, 7) is 0. The molecule has 20 heavy (non-hydrogen) atoms. The van der Waals surface area contributed by atoms with Crippen molar-refractivity contribution in [2.75, 3.05) is 0 Å². The summed E-state index contributed by atoms with van der Waals surface area (Å²) >= 11 is 12.8. The van der Waals surface area contributed by atoms with Gasteiger partial charge < -0.3 is 0 Å². The molecule has 3 rings (SSSR count). The monoisotopic (exact) mass is 304 g/mol. The van der Waals surface area contributed by atoms with Crippen molar-refractivity contribution < 1.29 is 4.39 Å². The van der Waals surface area contributed by atoms with E-state index in [1.165, 1.54) is 6.07 Å². The van der Waals surface area contributed by atoms with E-state index in [4.69, 9.17) is 23.2 Å². The summed E-state index contributed by atoms with van der Waals surface area (Å²) in [6, 6.07) is 17.9. The predicted molar refractivity (Wildman–Crippen MR) is 83.1 cm³/mol. The molecule has 3 aromatic carbocycles. The summed E-state index contributed by atoms with van der Waals surface area (Å²) in [5.41, 5.74) is 1.68. The van der Waals surface area contributed by atoms with E-state index in [-0.39, 0.29) is 5.82 Å². The number of hydrogen-bond donors (Lipinski definition) is 0. The van der Waals surface area contributed by atoms with Gasteiger partial charge in [-0.25, -0.2) is 4.39 Å². The van der Waals surface area contributed by atoms with Gasteiger partial charge in [-0.1, -0.05) is 60.1 Å². The van der Waals surface area contributed by atoms with Gasteiger partial charge in [-0.05, 0) is 28.6 Å². The minimum Gasteiger partial charge on any atom is -0.206 e. The summed E-state index contributed by atoms with van der Waals surface area (Å²) in [7, 11) is 0. The lowest BCUT2D eigenvalue weighted by molar-refractivity contribution is 0.639. The molecule has 0 saturated carbocycles. The Kier molecular flexibility index (Phi) is 3.64. The van der Waals surface area contributed by atoms with Crippen LogP contribution in [0.3, 0.4) is 0 Å². The Balaban J connectivity index is 2.20. The highest BCUT2D eigenvalue weighted by atomic mass is 35.5. The molecule has 100 valence electrons. The third kappa shape index (κ3) is 2.28. The largest absolute Gasteiger partial charge is 0.206 e. The van der Waals surface area contributed by atoms with Crippen molar-refractivity contribution in [1.82, 2.24) is 0 Å². The van der Waals surface area contributed by atoms with Crippen LogP contribution in [-0.4, -0.2) is 0 Å². The minimum absolute atomic E-state index is 0.243. The minimum atomic E-state index is -0.408. The Bertz CT molecular complexity index is 768. The Hall–Kier alpha value is -1.57. The number of rotatable bonds is 2. The first-order chi connectivity index (χ1) is 9.68. The molecule has 1 atom stereocenters. The molecule has 0 amide bonds. The first-order valence-corrected chi connectivity index (χ1v) is 7.05. The molecule has 0 aliphatic rings. The van der Waals surface area contributed by atoms with Crippen molar-refractivity contribution in [1.29, 1.82) is 0 Å². The fourth-order valence-electron chi connectivity index (χ4n) is 2.35. The van der Waals surface area contributed by atoms with Gasteiger partial charge in [0.15, 0.2) is 0 Å². The van der Waals surface area contributed by atoms with Crippen molar-refractivity contribution in [3.63, 3.8) is 0 Å². The van der Waals surface area contributed by atoms with Crippen LogP contribution in [0, 0.1) is 5.82 Å². The van der Waals surface area contributed by atoms with E-state index in [9.17, 15) is 4.39 Å². The molecule has 0 fully saturated rings. The topological polar surface area (TPSA) is 0 Å². The van der Waals surface area contributed by atoms with E-state index < -0.39 is 5.38 Å². The fourth-order valence-corrected chi connectivity index (χ4v) is 3.04. The van der Waals surface area contributed by atoms with Gasteiger partial charge in [-0.2, -0.15) is 0 Å². The Morgan fingerprint density at radius 1 is 0.750 bits per heavy atom. The number of halogens is 3. The van der Waals surface area contributed by atoms with Crippen LogP contribution >= 0.6 is 23.2 Å². The molecule has 3 heteroatoms. The van der Waals surface area contributed by atoms with Crippen LogP contribution in [-0.2, 0) is 0 Å². The van der Waals surface area contributed by atoms with E-state index in [1.807, 2.05) is 36.4 Å². The van der Waals surface area contributed by atoms with E-state index in [2.05, 4.69) is 0 Å². The maximum atomic E-state index is 13.8. The van der Waals surface area contributed by atoms with Gasteiger partial charge in [0.2, 0.25) is 0 Å². The summed E-state index contributed by atoms with van der Waals surface area (Å²) < 4.78 is 13.8. The van der Waals surface area contributed by atoms with Crippen LogP contribution in [0.4, 0.5) is 4.39 Å². The molecule has 0 aliphatic heterocycles. The van der Waals surface area contributed by atoms with E-state index in [0.29, 0.717) is 10.4 Å². The van der Waals surface area contributed by atoms with Crippen molar-refractivity contribution in [2.45, 2.75) is 5.38 Å². The van der Waals surface area contributed by atoms with Gasteiger partial charge in [0.05, 0.1) is 5.38 Å². The highest BCUT2D eigenvalue weighted by Crippen LogP contribution is 2.37. The third-order valence-electron chi connectivity index (χ3n) is 3.36. The standard InChI is InChI=1S/C17H11Cl2F/c18-15-8-4-3-7-14(15)17(19)13-9-10-16(20)12-6-2-1-5-11(12)13/h1-10,17H. The second-order valence-corrected chi connectivity index (χ2v) is 5.41. The molecule has 1 unspecified atom stereocenters. The lowest BCUT2D eigenvalue weighted by Gasteiger charge is -2.15. The zero-order valence-corrected chi connectivity index (χ0v) is 12.0. The van der Waals surface area contributed by atoms with Gasteiger partial charge >= 0.3 is 0 Å². The number of fused-ring (bicyclic) bond motifs is 1. The van der Waals surface area contributed by atoms with Gasteiger partial charge in [0.25, 0.3) is 0 Å². The van der Waals surface area contributed by atoms with Crippen LogP contribution in [0.5, 0.6) is 0 Å². The maximum Gasteiger partial charge on any atom is 0.131 e. The van der Waals surface area contributed by atoms with Gasteiger partial charge in [-0.15, -0.1) is 11.6 Å².